The molecule has 0 radical (unpaired) electrons. The van der Waals surface area contributed by atoms with Crippen LogP contribution >= 0.6 is 0 Å². The van der Waals surface area contributed by atoms with Crippen LogP contribution in [0.15, 0.2) is 30.3 Å². The summed E-state index contributed by atoms with van der Waals surface area (Å²) >= 11 is 0. The molecule has 0 unspecified atom stereocenters. The number of phenols is 1. The minimum absolute atomic E-state index is 0.0949. The van der Waals surface area contributed by atoms with Crippen molar-refractivity contribution in [3.63, 3.8) is 0 Å². The van der Waals surface area contributed by atoms with Crippen LogP contribution in [0.2, 0.25) is 0 Å². The maximum atomic E-state index is 10.3. The number of carbonyl (C=O) groups is 1. The van der Waals surface area contributed by atoms with Crippen LogP contribution in [0.1, 0.15) is 12.5 Å². The third-order valence-corrected chi connectivity index (χ3v) is 1.67. The average Bonchev–Trinajstić information content (AvgIpc) is 2.03. The number of para-hydroxylation sites is 1. The molecule has 0 aliphatic carbocycles. The van der Waals surface area contributed by atoms with E-state index >= 15 is 0 Å². The predicted octanol–water partition coefficient (Wildman–Crippen LogP) is 1.88. The Labute approximate surface area is 76.0 Å². The van der Waals surface area contributed by atoms with Crippen LogP contribution in [-0.2, 0) is 4.79 Å². The fourth-order valence-corrected chi connectivity index (χ4v) is 1.07. The van der Waals surface area contributed by atoms with Crippen molar-refractivity contribution >= 4 is 11.5 Å². The maximum Gasteiger partial charge on any atom is 0.328 e. The number of hydrogen-bond acceptors (Lipinski definition) is 2. The minimum Gasteiger partial charge on any atom is -0.507 e. The van der Waals surface area contributed by atoms with Gasteiger partial charge in [-0.15, -0.1) is 0 Å². The number of carboxylic acid groups (broad SMARTS) is 1. The summed E-state index contributed by atoms with van der Waals surface area (Å²) < 4.78 is 0. The van der Waals surface area contributed by atoms with Gasteiger partial charge in [0.2, 0.25) is 0 Å². The first-order valence-corrected chi connectivity index (χ1v) is 3.81. The second-order valence-corrected chi connectivity index (χ2v) is 2.68. The van der Waals surface area contributed by atoms with E-state index in [1.165, 1.54) is 6.07 Å². The molecule has 3 heteroatoms. The van der Waals surface area contributed by atoms with Crippen LogP contribution in [-0.4, -0.2) is 16.2 Å². The van der Waals surface area contributed by atoms with E-state index in [1.54, 1.807) is 25.1 Å². The molecule has 13 heavy (non-hydrogen) atoms. The molecule has 1 aromatic rings. The van der Waals surface area contributed by atoms with Gasteiger partial charge in [0, 0.05) is 11.6 Å². The van der Waals surface area contributed by atoms with Crippen LogP contribution < -0.4 is 0 Å². The van der Waals surface area contributed by atoms with E-state index < -0.39 is 5.97 Å². The van der Waals surface area contributed by atoms with E-state index in [-0.39, 0.29) is 5.75 Å². The van der Waals surface area contributed by atoms with Crippen LogP contribution in [0.5, 0.6) is 5.75 Å². The number of rotatable bonds is 2. The summed E-state index contributed by atoms with van der Waals surface area (Å²) in [6.07, 6.45) is 1.06. The topological polar surface area (TPSA) is 57.5 Å². The van der Waals surface area contributed by atoms with Gasteiger partial charge in [0.15, 0.2) is 0 Å². The lowest BCUT2D eigenvalue weighted by atomic mass is 10.1. The molecule has 0 saturated heterocycles. The predicted molar refractivity (Wildman–Crippen MR) is 49.4 cm³/mol. The van der Waals surface area contributed by atoms with Crippen molar-refractivity contribution in [1.29, 1.82) is 0 Å². The zero-order valence-corrected chi connectivity index (χ0v) is 7.19. The first-order chi connectivity index (χ1) is 6.11. The first-order valence-electron chi connectivity index (χ1n) is 3.81. The van der Waals surface area contributed by atoms with Gasteiger partial charge in [0.05, 0.1) is 0 Å². The van der Waals surface area contributed by atoms with E-state index in [0.717, 1.165) is 6.08 Å². The number of carboxylic acids is 1. The number of aliphatic carboxylic acids is 1. The average molecular weight is 178 g/mol. The Balaban J connectivity index is 3.08. The highest BCUT2D eigenvalue weighted by Gasteiger charge is 2.02. The summed E-state index contributed by atoms with van der Waals surface area (Å²) in [6, 6.07) is 6.62. The smallest absolute Gasteiger partial charge is 0.328 e. The molecular formula is C10H10O3. The molecule has 1 aromatic carbocycles. The maximum absolute atomic E-state index is 10.3. The van der Waals surface area contributed by atoms with Gasteiger partial charge < -0.3 is 10.2 Å². The lowest BCUT2D eigenvalue weighted by Crippen LogP contribution is -1.90. The van der Waals surface area contributed by atoms with Gasteiger partial charge in [-0.3, -0.25) is 0 Å². The first kappa shape index (κ1) is 9.32. The minimum atomic E-state index is -1.01. The SMILES string of the molecule is CC(=CC(=O)O)c1ccccc1O. The van der Waals surface area contributed by atoms with Crippen molar-refractivity contribution in [2.45, 2.75) is 6.92 Å². The molecule has 0 saturated carbocycles. The van der Waals surface area contributed by atoms with Crippen molar-refractivity contribution in [3.05, 3.63) is 35.9 Å². The fraction of sp³-hybridized carbons (Fsp3) is 0.100. The highest BCUT2D eigenvalue weighted by Crippen LogP contribution is 2.23. The van der Waals surface area contributed by atoms with E-state index in [0.29, 0.717) is 11.1 Å². The monoisotopic (exact) mass is 178 g/mol. The van der Waals surface area contributed by atoms with Crippen LogP contribution in [0.3, 0.4) is 0 Å². The summed E-state index contributed by atoms with van der Waals surface area (Å²) in [4.78, 5) is 10.3. The Morgan fingerprint density at radius 3 is 2.54 bits per heavy atom. The molecule has 0 spiro atoms. The van der Waals surface area contributed by atoms with Crippen LogP contribution in [0.25, 0.3) is 5.57 Å². The number of benzene rings is 1. The molecule has 3 nitrogen and oxygen atoms in total. The second-order valence-electron chi connectivity index (χ2n) is 2.68. The van der Waals surface area contributed by atoms with Gasteiger partial charge >= 0.3 is 5.97 Å². The fourth-order valence-electron chi connectivity index (χ4n) is 1.07. The molecule has 68 valence electrons. The third-order valence-electron chi connectivity index (χ3n) is 1.67. The lowest BCUT2D eigenvalue weighted by Gasteiger charge is -2.02. The summed E-state index contributed by atoms with van der Waals surface area (Å²) in [7, 11) is 0. The number of phenolic OH excluding ortho intramolecular Hbond substituents is 1. The largest absolute Gasteiger partial charge is 0.507 e. The molecule has 0 aliphatic heterocycles. The molecule has 0 atom stereocenters. The molecule has 0 aliphatic rings. The number of aromatic hydroxyl groups is 1. The summed E-state index contributed by atoms with van der Waals surface area (Å²) in [5, 5.41) is 17.8. The van der Waals surface area contributed by atoms with Crippen molar-refractivity contribution in [2.75, 3.05) is 0 Å². The van der Waals surface area contributed by atoms with E-state index in [4.69, 9.17) is 5.11 Å². The molecule has 1 rings (SSSR count). The van der Waals surface area contributed by atoms with Gasteiger partial charge in [-0.2, -0.15) is 0 Å². The van der Waals surface area contributed by atoms with E-state index in [2.05, 4.69) is 0 Å². The van der Waals surface area contributed by atoms with Crippen molar-refractivity contribution < 1.29 is 15.0 Å². The number of allylic oxidation sites excluding steroid dienone is 1. The number of hydrogen-bond donors (Lipinski definition) is 2. The summed E-state index contributed by atoms with van der Waals surface area (Å²) in [6.45, 7) is 1.64. The van der Waals surface area contributed by atoms with E-state index in [9.17, 15) is 9.90 Å². The van der Waals surface area contributed by atoms with Crippen LogP contribution in [0, 0.1) is 0 Å². The Hall–Kier alpha value is -1.77. The van der Waals surface area contributed by atoms with Crippen molar-refractivity contribution in [2.24, 2.45) is 0 Å². The van der Waals surface area contributed by atoms with E-state index in [1.807, 2.05) is 0 Å². The molecule has 0 aromatic heterocycles. The Morgan fingerprint density at radius 2 is 2.00 bits per heavy atom. The Kier molecular flexibility index (Phi) is 2.69. The Bertz CT molecular complexity index is 353. The van der Waals surface area contributed by atoms with Gasteiger partial charge in [0.25, 0.3) is 0 Å². The van der Waals surface area contributed by atoms with Gasteiger partial charge in [-0.1, -0.05) is 18.2 Å². The third kappa shape index (κ3) is 2.33. The molecule has 0 bridgehead atoms. The molecule has 0 amide bonds. The summed E-state index contributed by atoms with van der Waals surface area (Å²) in [5.74, 6) is -0.918. The zero-order valence-electron chi connectivity index (χ0n) is 7.19. The standard InChI is InChI=1S/C10H10O3/c1-7(6-10(12)13)8-4-2-3-5-9(8)11/h2-6,11H,1H3,(H,12,13). The lowest BCUT2D eigenvalue weighted by molar-refractivity contribution is -0.131. The van der Waals surface area contributed by atoms with Crippen molar-refractivity contribution in [3.8, 4) is 5.75 Å². The molecule has 2 N–H and O–H groups in total. The quantitative estimate of drug-likeness (QED) is 0.680. The second kappa shape index (κ2) is 3.76. The molecule has 0 fully saturated rings. The van der Waals surface area contributed by atoms with Crippen LogP contribution in [0.4, 0.5) is 0 Å². The molecular weight excluding hydrogens is 168 g/mol. The molecule has 0 heterocycles. The van der Waals surface area contributed by atoms with Gasteiger partial charge in [-0.25, -0.2) is 4.79 Å². The van der Waals surface area contributed by atoms with Crippen molar-refractivity contribution in [1.82, 2.24) is 0 Å². The highest BCUT2D eigenvalue weighted by molar-refractivity contribution is 5.90. The normalized spacial score (nSPS) is 11.3. The Morgan fingerprint density at radius 1 is 1.38 bits per heavy atom. The van der Waals surface area contributed by atoms with Gasteiger partial charge in [-0.05, 0) is 18.6 Å². The summed E-state index contributed by atoms with van der Waals surface area (Å²) in [5.41, 5.74) is 1.08. The highest BCUT2D eigenvalue weighted by atomic mass is 16.4. The van der Waals surface area contributed by atoms with Gasteiger partial charge in [0.1, 0.15) is 5.75 Å². The zero-order chi connectivity index (χ0) is 9.84.